The number of thiol groups is 1. The number of aryl methyl sites for hydroxylation is 1. The molecule has 0 aromatic carbocycles. The van der Waals surface area contributed by atoms with Crippen LogP contribution in [-0.4, -0.2) is 23.0 Å². The predicted octanol–water partition coefficient (Wildman–Crippen LogP) is 2.20. The lowest BCUT2D eigenvalue weighted by Crippen LogP contribution is -2.31. The number of aromatic nitrogens is 1. The average molecular weight is 222 g/mol. The third-order valence-corrected chi connectivity index (χ3v) is 3.50. The first-order valence-electron chi connectivity index (χ1n) is 5.56. The van der Waals surface area contributed by atoms with Gasteiger partial charge in [-0.25, -0.2) is 0 Å². The molecule has 0 radical (unpaired) electrons. The van der Waals surface area contributed by atoms with Gasteiger partial charge >= 0.3 is 0 Å². The van der Waals surface area contributed by atoms with Gasteiger partial charge in [-0.1, -0.05) is 13.0 Å². The molecular weight excluding hydrogens is 204 g/mol. The zero-order chi connectivity index (χ0) is 10.8. The van der Waals surface area contributed by atoms with E-state index in [2.05, 4.69) is 42.4 Å². The molecule has 0 amide bonds. The maximum atomic E-state index is 4.68. The molecule has 1 aliphatic heterocycles. The third-order valence-electron chi connectivity index (χ3n) is 3.16. The van der Waals surface area contributed by atoms with E-state index in [0.717, 1.165) is 37.5 Å². The highest BCUT2D eigenvalue weighted by Crippen LogP contribution is 2.20. The van der Waals surface area contributed by atoms with E-state index in [1.807, 2.05) is 0 Å². The molecule has 3 heteroatoms. The van der Waals surface area contributed by atoms with Gasteiger partial charge in [0.15, 0.2) is 0 Å². The minimum Gasteiger partial charge on any atom is -0.299 e. The van der Waals surface area contributed by atoms with Crippen LogP contribution in [0.15, 0.2) is 6.07 Å². The van der Waals surface area contributed by atoms with Gasteiger partial charge in [-0.05, 0) is 24.6 Å². The molecule has 0 saturated heterocycles. The van der Waals surface area contributed by atoms with Gasteiger partial charge in [0.1, 0.15) is 0 Å². The minimum absolute atomic E-state index is 0.790. The summed E-state index contributed by atoms with van der Waals surface area (Å²) >= 11 is 4.34. The molecule has 0 fully saturated rings. The topological polar surface area (TPSA) is 16.1 Å². The molecular formula is C12H18N2S. The van der Waals surface area contributed by atoms with Crippen LogP contribution in [-0.2, 0) is 18.7 Å². The van der Waals surface area contributed by atoms with E-state index in [0.29, 0.717) is 0 Å². The van der Waals surface area contributed by atoms with Crippen molar-refractivity contribution in [2.24, 2.45) is 0 Å². The van der Waals surface area contributed by atoms with E-state index in [4.69, 9.17) is 0 Å². The van der Waals surface area contributed by atoms with Gasteiger partial charge < -0.3 is 0 Å². The Kier molecular flexibility index (Phi) is 3.32. The monoisotopic (exact) mass is 222 g/mol. The molecule has 0 N–H and O–H groups in total. The molecule has 1 aromatic rings. The smallest absolute Gasteiger partial charge is 0.0464 e. The van der Waals surface area contributed by atoms with E-state index in [1.54, 1.807) is 0 Å². The normalized spacial score (nSPS) is 16.5. The minimum atomic E-state index is 0.790. The molecule has 0 unspecified atom stereocenters. The summed E-state index contributed by atoms with van der Waals surface area (Å²) in [6.07, 6.45) is 1.09. The summed E-state index contributed by atoms with van der Waals surface area (Å²) in [5.74, 6) is 0.790. The van der Waals surface area contributed by atoms with Gasteiger partial charge in [-0.2, -0.15) is 12.6 Å². The molecule has 2 nitrogen and oxygen atoms in total. The van der Waals surface area contributed by atoms with Crippen molar-refractivity contribution < 1.29 is 0 Å². The molecule has 1 aromatic heterocycles. The van der Waals surface area contributed by atoms with Crippen molar-refractivity contribution in [2.75, 3.05) is 13.1 Å². The van der Waals surface area contributed by atoms with Crippen molar-refractivity contribution in [1.82, 2.24) is 9.88 Å². The summed E-state index contributed by atoms with van der Waals surface area (Å²) in [4.78, 5) is 7.14. The van der Waals surface area contributed by atoms with E-state index in [-0.39, 0.29) is 0 Å². The standard InChI is InChI=1S/C12H18N2S/c1-3-14-5-4-12-10(7-14)6-11(8-15)9(2)13-12/h6,15H,3-5,7-8H2,1-2H3. The SMILES string of the molecule is CCN1CCc2nc(C)c(CS)cc2C1. The molecule has 15 heavy (non-hydrogen) atoms. The molecule has 0 spiro atoms. The first-order chi connectivity index (χ1) is 7.24. The van der Waals surface area contributed by atoms with Crippen molar-refractivity contribution in [3.8, 4) is 0 Å². The number of fused-ring (bicyclic) bond motifs is 1. The van der Waals surface area contributed by atoms with E-state index in [9.17, 15) is 0 Å². The Balaban J connectivity index is 2.33. The Morgan fingerprint density at radius 1 is 1.53 bits per heavy atom. The van der Waals surface area contributed by atoms with E-state index >= 15 is 0 Å². The Labute approximate surface area is 97.1 Å². The highest BCUT2D eigenvalue weighted by Gasteiger charge is 2.17. The number of nitrogens with zero attached hydrogens (tertiary/aromatic N) is 2. The summed E-state index contributed by atoms with van der Waals surface area (Å²) in [6.45, 7) is 7.63. The van der Waals surface area contributed by atoms with Gasteiger partial charge in [0.25, 0.3) is 0 Å². The largest absolute Gasteiger partial charge is 0.299 e. The third kappa shape index (κ3) is 2.18. The zero-order valence-electron chi connectivity index (χ0n) is 9.45. The van der Waals surface area contributed by atoms with Gasteiger partial charge in [0, 0.05) is 36.7 Å². The second-order valence-electron chi connectivity index (χ2n) is 4.12. The van der Waals surface area contributed by atoms with Crippen LogP contribution in [0.4, 0.5) is 0 Å². The van der Waals surface area contributed by atoms with Crippen molar-refractivity contribution in [3.63, 3.8) is 0 Å². The first kappa shape index (κ1) is 11.0. The predicted molar refractivity (Wildman–Crippen MR) is 66.3 cm³/mol. The molecule has 0 saturated carbocycles. The Morgan fingerprint density at radius 2 is 2.33 bits per heavy atom. The molecule has 0 atom stereocenters. The highest BCUT2D eigenvalue weighted by molar-refractivity contribution is 7.79. The number of hydrogen-bond donors (Lipinski definition) is 1. The Hall–Kier alpha value is -0.540. The number of hydrogen-bond acceptors (Lipinski definition) is 3. The molecule has 82 valence electrons. The van der Waals surface area contributed by atoms with Crippen LogP contribution < -0.4 is 0 Å². The molecule has 2 heterocycles. The second kappa shape index (κ2) is 4.54. The van der Waals surface area contributed by atoms with Crippen LogP contribution in [0.2, 0.25) is 0 Å². The van der Waals surface area contributed by atoms with Crippen molar-refractivity contribution in [1.29, 1.82) is 0 Å². The lowest BCUT2D eigenvalue weighted by Gasteiger charge is -2.27. The summed E-state index contributed by atoms with van der Waals surface area (Å²) in [5.41, 5.74) is 5.12. The van der Waals surface area contributed by atoms with Crippen molar-refractivity contribution in [3.05, 3.63) is 28.6 Å². The zero-order valence-corrected chi connectivity index (χ0v) is 10.3. The van der Waals surface area contributed by atoms with Crippen LogP contribution in [0.3, 0.4) is 0 Å². The number of likely N-dealkylation sites (N-methyl/N-ethyl adjacent to an activating group) is 1. The van der Waals surface area contributed by atoms with Crippen LogP contribution in [0.1, 0.15) is 29.4 Å². The molecule has 2 rings (SSSR count). The summed E-state index contributed by atoms with van der Waals surface area (Å²) in [7, 11) is 0. The van der Waals surface area contributed by atoms with Crippen LogP contribution in [0.5, 0.6) is 0 Å². The fourth-order valence-electron chi connectivity index (χ4n) is 2.11. The molecule has 0 aliphatic carbocycles. The fraction of sp³-hybridized carbons (Fsp3) is 0.583. The number of rotatable bonds is 2. The molecule has 0 bridgehead atoms. The number of pyridine rings is 1. The van der Waals surface area contributed by atoms with Gasteiger partial charge in [0.05, 0.1) is 0 Å². The summed E-state index contributed by atoms with van der Waals surface area (Å²) in [6, 6.07) is 2.28. The lowest BCUT2D eigenvalue weighted by atomic mass is 10.0. The van der Waals surface area contributed by atoms with Crippen molar-refractivity contribution >= 4 is 12.6 Å². The van der Waals surface area contributed by atoms with Gasteiger partial charge in [0.2, 0.25) is 0 Å². The van der Waals surface area contributed by atoms with Crippen LogP contribution in [0.25, 0.3) is 0 Å². The van der Waals surface area contributed by atoms with E-state index < -0.39 is 0 Å². The lowest BCUT2D eigenvalue weighted by molar-refractivity contribution is 0.265. The second-order valence-corrected chi connectivity index (χ2v) is 4.43. The molecule has 1 aliphatic rings. The highest BCUT2D eigenvalue weighted by atomic mass is 32.1. The maximum Gasteiger partial charge on any atom is 0.0464 e. The van der Waals surface area contributed by atoms with E-state index in [1.165, 1.54) is 16.8 Å². The van der Waals surface area contributed by atoms with Crippen molar-refractivity contribution in [2.45, 2.75) is 32.6 Å². The Morgan fingerprint density at radius 3 is 3.00 bits per heavy atom. The first-order valence-corrected chi connectivity index (χ1v) is 6.19. The summed E-state index contributed by atoms with van der Waals surface area (Å²) in [5, 5.41) is 0. The van der Waals surface area contributed by atoms with Gasteiger partial charge in [-0.15, -0.1) is 0 Å². The van der Waals surface area contributed by atoms with Crippen LogP contribution >= 0.6 is 12.6 Å². The fourth-order valence-corrected chi connectivity index (χ4v) is 2.43. The Bertz CT molecular complexity index is 363. The maximum absolute atomic E-state index is 4.68. The van der Waals surface area contributed by atoms with Gasteiger partial charge in [-0.3, -0.25) is 9.88 Å². The summed E-state index contributed by atoms with van der Waals surface area (Å²) < 4.78 is 0. The van der Waals surface area contributed by atoms with Crippen LogP contribution in [0, 0.1) is 6.92 Å². The average Bonchev–Trinajstić information content (AvgIpc) is 2.27. The quantitative estimate of drug-likeness (QED) is 0.772.